The van der Waals surface area contributed by atoms with E-state index >= 15 is 0 Å². The van der Waals surface area contributed by atoms with Crippen molar-refractivity contribution in [3.8, 4) is 0 Å². The van der Waals surface area contributed by atoms with Gasteiger partial charge in [0.05, 0.1) is 18.8 Å². The highest BCUT2D eigenvalue weighted by Gasteiger charge is 2.39. The number of allylic oxidation sites excluding steroid dienone is 1. The van der Waals surface area contributed by atoms with E-state index in [0.29, 0.717) is 41.6 Å². The summed E-state index contributed by atoms with van der Waals surface area (Å²) < 4.78 is 2.52. The lowest BCUT2D eigenvalue weighted by Crippen LogP contribution is -2.48. The minimum absolute atomic E-state index is 0.00156. The third kappa shape index (κ3) is 9.97. The molecule has 0 bridgehead atoms. The number of aldehydes is 2. The Morgan fingerprint density at radius 2 is 1.79 bits per heavy atom. The highest BCUT2D eigenvalue weighted by atomic mass is 32.2. The molecular weight excluding hydrogens is 629 g/mol. The molecule has 3 aliphatic rings. The maximum atomic E-state index is 13.1. The number of amides is 2. The Bertz CT molecular complexity index is 1420. The molecule has 2 atom stereocenters. The van der Waals surface area contributed by atoms with Gasteiger partial charge < -0.3 is 20.9 Å². The number of nitrogens with zero attached hydrogens (tertiary/aromatic N) is 4. The number of hydrogen-bond acceptors (Lipinski definition) is 10. The van der Waals surface area contributed by atoms with E-state index < -0.39 is 0 Å². The molecule has 1 aromatic rings. The number of anilines is 1. The summed E-state index contributed by atoms with van der Waals surface area (Å²) >= 11 is 1.96. The van der Waals surface area contributed by atoms with Gasteiger partial charge in [-0.3, -0.25) is 38.8 Å². The maximum absolute atomic E-state index is 13.1. The van der Waals surface area contributed by atoms with Crippen LogP contribution < -0.4 is 21.3 Å². The van der Waals surface area contributed by atoms with Crippen LogP contribution in [-0.4, -0.2) is 111 Å². The Hall–Kier alpha value is -4.07. The van der Waals surface area contributed by atoms with Crippen molar-refractivity contribution in [2.45, 2.75) is 49.8 Å². The molecule has 12 nitrogen and oxygen atoms in total. The lowest BCUT2D eigenvalue weighted by Gasteiger charge is -2.47. The highest BCUT2D eigenvalue weighted by Crippen LogP contribution is 2.43. The molecule has 2 amide bonds. The van der Waals surface area contributed by atoms with Crippen LogP contribution in [0, 0.1) is 5.41 Å². The molecule has 258 valence electrons. The van der Waals surface area contributed by atoms with E-state index in [4.69, 9.17) is 0 Å². The number of aliphatic imine (C=N–C) groups is 2. The monoisotopic (exact) mass is 676 g/mol. The molecule has 4 rings (SSSR count). The van der Waals surface area contributed by atoms with Gasteiger partial charge in [0.15, 0.2) is 6.29 Å². The molecule has 2 saturated heterocycles. The maximum Gasteiger partial charge on any atom is 0.253 e. The molecule has 2 heterocycles. The van der Waals surface area contributed by atoms with Crippen LogP contribution in [-0.2, 0) is 9.59 Å². The van der Waals surface area contributed by atoms with Crippen molar-refractivity contribution in [3.63, 3.8) is 0 Å². The van der Waals surface area contributed by atoms with Gasteiger partial charge in [-0.05, 0) is 68.9 Å². The number of benzene rings is 1. The molecule has 2 unspecified atom stereocenters. The van der Waals surface area contributed by atoms with Crippen molar-refractivity contribution in [2.24, 2.45) is 15.4 Å². The first-order chi connectivity index (χ1) is 23.3. The summed E-state index contributed by atoms with van der Waals surface area (Å²) in [5, 5.41) is 12.6. The molecular formula is C35H48N8O4S. The van der Waals surface area contributed by atoms with Crippen LogP contribution in [0.5, 0.6) is 0 Å². The normalized spacial score (nSPS) is 21.6. The summed E-state index contributed by atoms with van der Waals surface area (Å²) in [6.45, 7) is 7.59. The second-order valence-corrected chi connectivity index (χ2v) is 13.6. The van der Waals surface area contributed by atoms with Gasteiger partial charge in [0.25, 0.3) is 5.91 Å². The molecule has 48 heavy (non-hydrogen) atoms. The second-order valence-electron chi connectivity index (χ2n) is 12.2. The van der Waals surface area contributed by atoms with Gasteiger partial charge in [0.2, 0.25) is 5.91 Å². The third-order valence-electron chi connectivity index (χ3n) is 9.36. The van der Waals surface area contributed by atoms with Crippen molar-refractivity contribution >= 4 is 54.6 Å². The summed E-state index contributed by atoms with van der Waals surface area (Å²) in [6, 6.07) is 5.26. The fourth-order valence-corrected chi connectivity index (χ4v) is 7.68. The fourth-order valence-electron chi connectivity index (χ4n) is 6.50. The van der Waals surface area contributed by atoms with Crippen LogP contribution in [0.3, 0.4) is 0 Å². The quantitative estimate of drug-likeness (QED) is 0.0444. The van der Waals surface area contributed by atoms with E-state index in [9.17, 15) is 19.2 Å². The van der Waals surface area contributed by atoms with Gasteiger partial charge in [0, 0.05) is 74.6 Å². The third-order valence-corrected chi connectivity index (χ3v) is 10.7. The first-order valence-corrected chi connectivity index (χ1v) is 17.3. The zero-order valence-electron chi connectivity index (χ0n) is 28.0. The Morgan fingerprint density at radius 1 is 1.04 bits per heavy atom. The lowest BCUT2D eigenvalue weighted by molar-refractivity contribution is -0.132. The van der Waals surface area contributed by atoms with Crippen LogP contribution in [0.15, 0.2) is 64.3 Å². The predicted octanol–water partition coefficient (Wildman–Crippen LogP) is 3.22. The average Bonchev–Trinajstić information content (AvgIpc) is 3.12. The zero-order valence-corrected chi connectivity index (χ0v) is 28.8. The van der Waals surface area contributed by atoms with Crippen LogP contribution in [0.4, 0.5) is 5.69 Å². The predicted molar refractivity (Wildman–Crippen MR) is 194 cm³/mol. The number of amidine groups is 1. The Kier molecular flexibility index (Phi) is 14.1. The van der Waals surface area contributed by atoms with Crippen LogP contribution in [0.2, 0.25) is 0 Å². The second kappa shape index (κ2) is 18.5. The molecule has 4 N–H and O–H groups in total. The van der Waals surface area contributed by atoms with Gasteiger partial charge >= 0.3 is 0 Å². The van der Waals surface area contributed by atoms with Crippen LogP contribution in [0.25, 0.3) is 0 Å². The highest BCUT2D eigenvalue weighted by molar-refractivity contribution is 7.97. The number of rotatable bonds is 14. The Morgan fingerprint density at radius 3 is 2.42 bits per heavy atom. The molecule has 1 aliphatic carbocycles. The topological polar surface area (TPSA) is 148 Å². The van der Waals surface area contributed by atoms with E-state index in [1.807, 2.05) is 16.8 Å². The minimum atomic E-state index is -0.366. The molecule has 0 saturated carbocycles. The summed E-state index contributed by atoms with van der Waals surface area (Å²) in [5.74, 6) is 0.269. The molecule has 1 spiro atoms. The van der Waals surface area contributed by atoms with Crippen molar-refractivity contribution in [1.29, 1.82) is 0 Å². The fraction of sp³-hybridized carbons (Fsp3) is 0.486. The smallest absolute Gasteiger partial charge is 0.253 e. The number of hydrogen-bond donors (Lipinski definition) is 4. The summed E-state index contributed by atoms with van der Waals surface area (Å²) in [4.78, 5) is 57.9. The standard InChI is InChI=1S/C35H48N8O4S/c1-36-22-26(7-5-21-44)33(37-2)41-25-40-28-9-11-29(12-10-28)48-43-19-15-35(16-20-43)13-17-42(18-14-35)31(46)23-39-30-8-4-6-27(24-45)32(30)34(47)38-3/h4-9,11,21-22,24,28-29,39-40H,1,10,12-20,23,25H2,2-3H3,(H,37,41)(H,38,47)/b7-5-,26-22-. The number of nitrogens with one attached hydrogen (secondary N) is 4. The van der Waals surface area contributed by atoms with Crippen LogP contribution in [0.1, 0.15) is 59.2 Å². The van der Waals surface area contributed by atoms with Crippen LogP contribution >= 0.6 is 11.9 Å². The average molecular weight is 677 g/mol. The number of piperidine rings is 2. The first kappa shape index (κ1) is 36.8. The summed E-state index contributed by atoms with van der Waals surface area (Å²) in [6.07, 6.45) is 17.0. The summed E-state index contributed by atoms with van der Waals surface area (Å²) in [7, 11) is 3.30. The summed E-state index contributed by atoms with van der Waals surface area (Å²) in [5.41, 5.74) is 1.99. The van der Waals surface area contributed by atoms with Crippen molar-refractivity contribution in [3.05, 3.63) is 65.4 Å². The minimum Gasteiger partial charge on any atom is -0.375 e. The molecule has 0 radical (unpaired) electrons. The zero-order chi connectivity index (χ0) is 34.4. The SMILES string of the molecule is C=N/C=C(/C=C\C=O)C(=N/CNC1C=CC(SN2CCC3(CC2)CCN(C(=O)CNc2cccc(C=O)c2C(=O)NC)CC3)CC1)\NC. The van der Waals surface area contributed by atoms with Crippen molar-refractivity contribution < 1.29 is 19.2 Å². The van der Waals surface area contributed by atoms with E-state index in [2.05, 4.69) is 54.4 Å². The Balaban J connectivity index is 1.18. The van der Waals surface area contributed by atoms with Crippen molar-refractivity contribution in [1.82, 2.24) is 25.2 Å². The molecule has 2 aliphatic heterocycles. The van der Waals surface area contributed by atoms with E-state index in [-0.39, 0.29) is 40.9 Å². The number of carbonyl (C=O) groups is 4. The van der Waals surface area contributed by atoms with Gasteiger partial charge in [-0.1, -0.05) is 36.2 Å². The van der Waals surface area contributed by atoms with Crippen molar-refractivity contribution in [2.75, 3.05) is 58.8 Å². The number of likely N-dealkylation sites (N-methyl/N-ethyl adjacent to an activating group) is 1. The molecule has 1 aromatic carbocycles. The van der Waals surface area contributed by atoms with E-state index in [1.54, 1.807) is 37.5 Å². The lowest BCUT2D eigenvalue weighted by atomic mass is 9.71. The number of carbonyl (C=O) groups excluding carboxylic acids is 4. The van der Waals surface area contributed by atoms with E-state index in [0.717, 1.165) is 64.7 Å². The molecule has 0 aromatic heterocycles. The number of likely N-dealkylation sites (tertiary alicyclic amines) is 1. The first-order valence-electron chi connectivity index (χ1n) is 16.5. The van der Waals surface area contributed by atoms with E-state index in [1.165, 1.54) is 13.1 Å². The van der Waals surface area contributed by atoms with Gasteiger partial charge in [0.1, 0.15) is 12.1 Å². The van der Waals surface area contributed by atoms with Gasteiger partial charge in [-0.15, -0.1) is 0 Å². The largest absolute Gasteiger partial charge is 0.375 e. The van der Waals surface area contributed by atoms with Gasteiger partial charge in [-0.2, -0.15) is 0 Å². The van der Waals surface area contributed by atoms with Gasteiger partial charge in [-0.25, -0.2) is 0 Å². The Labute approximate surface area is 287 Å². The molecule has 13 heteroatoms. The molecule has 2 fully saturated rings.